The molecule has 2 aromatic rings. The van der Waals surface area contributed by atoms with Crippen LogP contribution in [-0.2, 0) is 15.1 Å². The Labute approximate surface area is 190 Å². The molecule has 1 fully saturated rings. The summed E-state index contributed by atoms with van der Waals surface area (Å²) in [6.07, 6.45) is -0.586. The van der Waals surface area contributed by atoms with Crippen molar-refractivity contribution < 1.29 is 19.4 Å². The minimum Gasteiger partial charge on any atom is -0.496 e. The second kappa shape index (κ2) is 7.98. The summed E-state index contributed by atoms with van der Waals surface area (Å²) in [7, 11) is 4.81. The van der Waals surface area contributed by atoms with Gasteiger partial charge in [0.1, 0.15) is 5.75 Å². The largest absolute Gasteiger partial charge is 0.496 e. The molecule has 2 heterocycles. The summed E-state index contributed by atoms with van der Waals surface area (Å²) in [6, 6.07) is 9.41. The number of fused-ring (bicyclic) bond motifs is 1. The Bertz CT molecular complexity index is 1060. The van der Waals surface area contributed by atoms with Gasteiger partial charge in [-0.3, -0.25) is 14.5 Å². The number of β-amino-alcohol motifs (C(OH)–C–C–N with tert-alkyl or cyclic N) is 1. The van der Waals surface area contributed by atoms with E-state index in [-0.39, 0.29) is 24.8 Å². The van der Waals surface area contributed by atoms with Gasteiger partial charge >= 0.3 is 0 Å². The van der Waals surface area contributed by atoms with Crippen LogP contribution in [-0.4, -0.2) is 66.6 Å². The minimum atomic E-state index is -1.47. The lowest BCUT2D eigenvalue weighted by Gasteiger charge is -2.41. The van der Waals surface area contributed by atoms with Crippen LogP contribution in [0.4, 0.5) is 5.69 Å². The summed E-state index contributed by atoms with van der Waals surface area (Å²) in [5.74, 6) is -0.138. The minimum absolute atomic E-state index is 0.110. The topological polar surface area (TPSA) is 82.1 Å². The zero-order chi connectivity index (χ0) is 22.5. The van der Waals surface area contributed by atoms with Crippen molar-refractivity contribution >= 4 is 40.7 Å². The molecule has 0 aromatic heterocycles. The first-order chi connectivity index (χ1) is 14.7. The highest BCUT2D eigenvalue weighted by Crippen LogP contribution is 2.51. The van der Waals surface area contributed by atoms with E-state index < -0.39 is 17.7 Å². The van der Waals surface area contributed by atoms with E-state index in [1.807, 2.05) is 0 Å². The molecule has 0 saturated carbocycles. The van der Waals surface area contributed by atoms with Gasteiger partial charge in [0.05, 0.1) is 19.3 Å². The normalized spacial score (nSPS) is 25.3. The van der Waals surface area contributed by atoms with Gasteiger partial charge in [0.15, 0.2) is 5.54 Å². The number of aliphatic hydroxyl groups is 1. The van der Waals surface area contributed by atoms with E-state index in [1.54, 1.807) is 55.4 Å². The molecule has 2 aromatic carbocycles. The number of likely N-dealkylation sites (N-methyl/N-ethyl adjacent to an activating group) is 1. The predicted molar refractivity (Wildman–Crippen MR) is 119 cm³/mol. The molecule has 0 aliphatic carbocycles. The van der Waals surface area contributed by atoms with Crippen molar-refractivity contribution in [1.82, 2.24) is 9.80 Å². The molecule has 1 unspecified atom stereocenters. The summed E-state index contributed by atoms with van der Waals surface area (Å²) in [4.78, 5) is 30.1. The van der Waals surface area contributed by atoms with E-state index in [9.17, 15) is 14.7 Å². The van der Waals surface area contributed by atoms with Crippen molar-refractivity contribution in [3.63, 3.8) is 0 Å². The molecule has 9 heteroatoms. The number of nitrogens with one attached hydrogen (secondary N) is 1. The van der Waals surface area contributed by atoms with Gasteiger partial charge < -0.3 is 20.1 Å². The number of anilines is 1. The zero-order valence-electron chi connectivity index (χ0n) is 17.4. The van der Waals surface area contributed by atoms with E-state index in [1.165, 1.54) is 12.0 Å². The fraction of sp³-hybridized carbons (Fsp3) is 0.364. The van der Waals surface area contributed by atoms with Crippen LogP contribution >= 0.6 is 23.2 Å². The van der Waals surface area contributed by atoms with Gasteiger partial charge in [0.25, 0.3) is 5.91 Å². The molecular weight excluding hydrogens is 441 g/mol. The smallest absolute Gasteiger partial charge is 0.254 e. The lowest BCUT2D eigenvalue weighted by Crippen LogP contribution is -2.57. The average molecular weight is 464 g/mol. The van der Waals surface area contributed by atoms with Gasteiger partial charge in [-0.15, -0.1) is 0 Å². The third-order valence-electron chi connectivity index (χ3n) is 5.94. The number of aliphatic hydroxyl groups excluding tert-OH is 1. The number of carbonyl (C=O) groups is 2. The number of halogens is 2. The maximum Gasteiger partial charge on any atom is 0.254 e. The molecule has 2 amide bonds. The SMILES string of the molecule is COc1ccc(Cl)cc1C1(N2C[C@H](O)C[C@H]2C(=O)N(C)C)C(=O)Nc2ccc(Cl)cc21. The van der Waals surface area contributed by atoms with Crippen LogP contribution in [0.15, 0.2) is 36.4 Å². The average Bonchev–Trinajstić information content (AvgIpc) is 3.24. The Morgan fingerprint density at radius 2 is 1.84 bits per heavy atom. The number of benzene rings is 2. The fourth-order valence-electron chi connectivity index (χ4n) is 4.65. The van der Waals surface area contributed by atoms with Gasteiger partial charge in [-0.2, -0.15) is 0 Å². The van der Waals surface area contributed by atoms with Gasteiger partial charge in [-0.1, -0.05) is 23.2 Å². The first-order valence-corrected chi connectivity index (χ1v) is 10.6. The first-order valence-electron chi connectivity index (χ1n) is 9.81. The molecule has 31 heavy (non-hydrogen) atoms. The Morgan fingerprint density at radius 3 is 2.48 bits per heavy atom. The van der Waals surface area contributed by atoms with Crippen molar-refractivity contribution in [2.45, 2.75) is 24.1 Å². The van der Waals surface area contributed by atoms with Gasteiger partial charge in [0.2, 0.25) is 5.91 Å². The molecule has 3 atom stereocenters. The number of likely N-dealkylation sites (tertiary alicyclic amines) is 1. The molecule has 4 rings (SSSR count). The Hall–Kier alpha value is -2.32. The highest BCUT2D eigenvalue weighted by atomic mass is 35.5. The van der Waals surface area contributed by atoms with Gasteiger partial charge in [-0.25, -0.2) is 0 Å². The molecule has 0 radical (unpaired) electrons. The van der Waals surface area contributed by atoms with E-state index in [0.717, 1.165) is 0 Å². The quantitative estimate of drug-likeness (QED) is 0.728. The Kier molecular flexibility index (Phi) is 5.64. The van der Waals surface area contributed by atoms with E-state index in [0.29, 0.717) is 32.6 Å². The number of amides is 2. The highest BCUT2D eigenvalue weighted by Gasteiger charge is 2.59. The number of hydrogen-bond donors (Lipinski definition) is 2. The van der Waals surface area contributed by atoms with Crippen LogP contribution in [0.2, 0.25) is 10.0 Å². The molecule has 7 nitrogen and oxygen atoms in total. The summed E-state index contributed by atoms with van der Waals surface area (Å²) in [5.41, 5.74) is 0.168. The van der Waals surface area contributed by atoms with E-state index in [4.69, 9.17) is 27.9 Å². The summed E-state index contributed by atoms with van der Waals surface area (Å²) < 4.78 is 5.60. The number of carbonyl (C=O) groups excluding carboxylic acids is 2. The van der Waals surface area contributed by atoms with Crippen LogP contribution in [0, 0.1) is 0 Å². The predicted octanol–water partition coefficient (Wildman–Crippen LogP) is 2.72. The van der Waals surface area contributed by atoms with Crippen molar-refractivity contribution in [2.75, 3.05) is 33.1 Å². The third-order valence-corrected chi connectivity index (χ3v) is 6.41. The second-order valence-corrected chi connectivity index (χ2v) is 8.86. The van der Waals surface area contributed by atoms with Crippen LogP contribution in [0.3, 0.4) is 0 Å². The number of nitrogens with zero attached hydrogens (tertiary/aromatic N) is 2. The maximum absolute atomic E-state index is 13.8. The van der Waals surface area contributed by atoms with Crippen molar-refractivity contribution in [1.29, 1.82) is 0 Å². The van der Waals surface area contributed by atoms with Crippen LogP contribution < -0.4 is 10.1 Å². The molecule has 0 bridgehead atoms. The van der Waals surface area contributed by atoms with Crippen molar-refractivity contribution in [3.05, 3.63) is 57.6 Å². The number of rotatable bonds is 4. The first kappa shape index (κ1) is 21.9. The molecule has 0 spiro atoms. The standard InChI is InChI=1S/C22H23Cl2N3O4/c1-26(2)20(29)18-10-14(28)11-27(18)22(16-9-13(24)5-7-19(16)31-3)15-8-12(23)4-6-17(15)25-21(22)30/h4-9,14,18,28H,10-11H2,1-3H3,(H,25,30)/t14-,18+,22?/m1/s1. The molecule has 2 aliphatic heterocycles. The van der Waals surface area contributed by atoms with Gasteiger partial charge in [-0.05, 0) is 42.8 Å². The number of ether oxygens (including phenoxy) is 1. The molecule has 2 aliphatic rings. The third kappa shape index (κ3) is 3.36. The van der Waals surface area contributed by atoms with Crippen molar-refractivity contribution in [2.24, 2.45) is 0 Å². The molecule has 164 valence electrons. The number of hydrogen-bond acceptors (Lipinski definition) is 5. The van der Waals surface area contributed by atoms with Crippen LogP contribution in [0.5, 0.6) is 5.75 Å². The van der Waals surface area contributed by atoms with Crippen LogP contribution in [0.1, 0.15) is 17.5 Å². The second-order valence-electron chi connectivity index (χ2n) is 7.99. The molecule has 1 saturated heterocycles. The summed E-state index contributed by atoms with van der Waals surface area (Å²) in [6.45, 7) is 0.110. The molecule has 2 N–H and O–H groups in total. The Morgan fingerprint density at radius 1 is 1.19 bits per heavy atom. The lowest BCUT2D eigenvalue weighted by atomic mass is 9.80. The summed E-state index contributed by atoms with van der Waals surface area (Å²) in [5, 5.41) is 14.3. The maximum atomic E-state index is 13.8. The molecular formula is C22H23Cl2N3O4. The highest BCUT2D eigenvalue weighted by molar-refractivity contribution is 6.31. The monoisotopic (exact) mass is 463 g/mol. The van der Waals surface area contributed by atoms with Gasteiger partial charge in [0, 0.05) is 47.5 Å². The Balaban J connectivity index is 2.05. The lowest BCUT2D eigenvalue weighted by molar-refractivity contribution is -0.138. The number of methoxy groups -OCH3 is 1. The van der Waals surface area contributed by atoms with E-state index >= 15 is 0 Å². The van der Waals surface area contributed by atoms with Crippen LogP contribution in [0.25, 0.3) is 0 Å². The fourth-order valence-corrected chi connectivity index (χ4v) is 4.99. The summed E-state index contributed by atoms with van der Waals surface area (Å²) >= 11 is 12.7. The van der Waals surface area contributed by atoms with Crippen molar-refractivity contribution in [3.8, 4) is 5.75 Å². The zero-order valence-corrected chi connectivity index (χ0v) is 18.9. The van der Waals surface area contributed by atoms with E-state index in [2.05, 4.69) is 5.32 Å².